The summed E-state index contributed by atoms with van der Waals surface area (Å²) in [5.74, 6) is -0.491. The smallest absolute Gasteiger partial charge is 0.338 e. The maximum Gasteiger partial charge on any atom is 0.338 e. The summed E-state index contributed by atoms with van der Waals surface area (Å²) >= 11 is 0. The molecule has 0 bridgehead atoms. The molecule has 0 radical (unpaired) electrons. The van der Waals surface area contributed by atoms with Crippen LogP contribution >= 0.6 is 0 Å². The van der Waals surface area contributed by atoms with Gasteiger partial charge in [-0.3, -0.25) is 9.59 Å². The summed E-state index contributed by atoms with van der Waals surface area (Å²) in [6.07, 6.45) is 3.18. The lowest BCUT2D eigenvalue weighted by molar-refractivity contribution is -0.119. The number of esters is 1. The van der Waals surface area contributed by atoms with Crippen LogP contribution in [0.15, 0.2) is 60.7 Å². The van der Waals surface area contributed by atoms with Gasteiger partial charge in [0.05, 0.1) is 25.5 Å². The van der Waals surface area contributed by atoms with Gasteiger partial charge < -0.3 is 29.6 Å². The molecule has 0 aromatic heterocycles. The van der Waals surface area contributed by atoms with Crippen LogP contribution in [0, 0.1) is 0 Å². The van der Waals surface area contributed by atoms with Crippen molar-refractivity contribution < 1.29 is 33.3 Å². The number of para-hydroxylation sites is 2. The quantitative estimate of drug-likeness (QED) is 0.401. The van der Waals surface area contributed by atoms with Crippen LogP contribution in [0.1, 0.15) is 27.9 Å². The van der Waals surface area contributed by atoms with E-state index >= 15 is 0 Å². The lowest BCUT2D eigenvalue weighted by atomic mass is 10.1. The zero-order valence-corrected chi connectivity index (χ0v) is 20.7. The van der Waals surface area contributed by atoms with Crippen LogP contribution in [0.2, 0.25) is 0 Å². The molecule has 0 atom stereocenters. The molecular formula is C28H28N2O7. The number of carbonyl (C=O) groups is 3. The molecule has 0 heterocycles. The van der Waals surface area contributed by atoms with Crippen molar-refractivity contribution in [3.8, 4) is 17.2 Å². The molecule has 0 unspecified atom stereocenters. The van der Waals surface area contributed by atoms with Gasteiger partial charge in [-0.15, -0.1) is 0 Å². The number of aryl methyl sites for hydroxylation is 2. The third-order valence-electron chi connectivity index (χ3n) is 5.86. The predicted octanol–water partition coefficient (Wildman–Crippen LogP) is 4.01. The number of benzene rings is 3. The molecule has 4 rings (SSSR count). The molecule has 0 fully saturated rings. The lowest BCUT2D eigenvalue weighted by Gasteiger charge is -2.13. The van der Waals surface area contributed by atoms with Crippen molar-refractivity contribution in [3.63, 3.8) is 0 Å². The van der Waals surface area contributed by atoms with E-state index in [1.54, 1.807) is 24.3 Å². The number of amides is 2. The second-order valence-electron chi connectivity index (χ2n) is 8.36. The van der Waals surface area contributed by atoms with Crippen molar-refractivity contribution in [1.82, 2.24) is 0 Å². The molecule has 1 aliphatic rings. The second-order valence-corrected chi connectivity index (χ2v) is 8.36. The third-order valence-corrected chi connectivity index (χ3v) is 5.86. The molecule has 2 amide bonds. The van der Waals surface area contributed by atoms with Crippen LogP contribution in [-0.2, 0) is 27.2 Å². The fraction of sp³-hybridized carbons (Fsp3) is 0.250. The Morgan fingerprint density at radius 3 is 2.32 bits per heavy atom. The van der Waals surface area contributed by atoms with Gasteiger partial charge in [-0.05, 0) is 72.9 Å². The number of nitrogens with one attached hydrogen (secondary N) is 2. The van der Waals surface area contributed by atoms with E-state index in [0.717, 1.165) is 19.3 Å². The average molecular weight is 505 g/mol. The summed E-state index contributed by atoms with van der Waals surface area (Å²) in [6.45, 7) is -0.722. The molecule has 0 aliphatic heterocycles. The zero-order chi connectivity index (χ0) is 26.2. The largest absolute Gasteiger partial charge is 0.495 e. The van der Waals surface area contributed by atoms with E-state index in [2.05, 4.69) is 10.6 Å². The highest BCUT2D eigenvalue weighted by Crippen LogP contribution is 2.29. The molecule has 192 valence electrons. The first-order chi connectivity index (χ1) is 18.0. The highest BCUT2D eigenvalue weighted by Gasteiger charge is 2.16. The van der Waals surface area contributed by atoms with E-state index in [4.69, 9.17) is 18.9 Å². The van der Waals surface area contributed by atoms with E-state index in [1.807, 2.05) is 18.2 Å². The Kier molecular flexibility index (Phi) is 8.25. The third kappa shape index (κ3) is 6.58. The Balaban J connectivity index is 1.29. The maximum absolute atomic E-state index is 12.5. The minimum Gasteiger partial charge on any atom is -0.495 e. The molecule has 3 aromatic rings. The Hall–Kier alpha value is -4.53. The molecule has 9 heteroatoms. The molecule has 2 N–H and O–H groups in total. The van der Waals surface area contributed by atoms with Gasteiger partial charge in [-0.25, -0.2) is 4.79 Å². The van der Waals surface area contributed by atoms with Gasteiger partial charge in [0.2, 0.25) is 0 Å². The van der Waals surface area contributed by atoms with E-state index in [9.17, 15) is 14.4 Å². The van der Waals surface area contributed by atoms with Crippen molar-refractivity contribution in [2.45, 2.75) is 19.3 Å². The molecule has 0 saturated heterocycles. The summed E-state index contributed by atoms with van der Waals surface area (Å²) in [4.78, 5) is 37.1. The Morgan fingerprint density at radius 1 is 0.757 bits per heavy atom. The minimum atomic E-state index is -0.692. The SMILES string of the molecule is COc1ccccc1NC(=O)COc1ccc(C(=O)OCC(=O)Nc2ccc3c(c2)CCC3)cc1OC. The summed E-state index contributed by atoms with van der Waals surface area (Å²) in [5, 5.41) is 5.47. The average Bonchev–Trinajstić information content (AvgIpc) is 3.38. The summed E-state index contributed by atoms with van der Waals surface area (Å²) < 4.78 is 21.2. The first-order valence-corrected chi connectivity index (χ1v) is 11.8. The molecule has 9 nitrogen and oxygen atoms in total. The number of ether oxygens (including phenoxy) is 4. The van der Waals surface area contributed by atoms with Gasteiger partial charge >= 0.3 is 5.97 Å². The molecule has 37 heavy (non-hydrogen) atoms. The van der Waals surface area contributed by atoms with E-state index in [1.165, 1.54) is 43.5 Å². The molecule has 1 aliphatic carbocycles. The monoisotopic (exact) mass is 504 g/mol. The van der Waals surface area contributed by atoms with Gasteiger partial charge in [-0.2, -0.15) is 0 Å². The number of fused-ring (bicyclic) bond motifs is 1. The van der Waals surface area contributed by atoms with Crippen molar-refractivity contribution in [2.24, 2.45) is 0 Å². The minimum absolute atomic E-state index is 0.174. The number of methoxy groups -OCH3 is 2. The van der Waals surface area contributed by atoms with Crippen LogP contribution in [0.25, 0.3) is 0 Å². The van der Waals surface area contributed by atoms with Crippen molar-refractivity contribution >= 4 is 29.2 Å². The van der Waals surface area contributed by atoms with Crippen molar-refractivity contribution in [1.29, 1.82) is 0 Å². The summed E-state index contributed by atoms with van der Waals surface area (Å²) in [7, 11) is 2.93. The molecule has 3 aromatic carbocycles. The van der Waals surface area contributed by atoms with Crippen molar-refractivity contribution in [3.05, 3.63) is 77.4 Å². The van der Waals surface area contributed by atoms with Gasteiger partial charge in [0.15, 0.2) is 24.7 Å². The maximum atomic E-state index is 12.5. The van der Waals surface area contributed by atoms with Crippen LogP contribution in [0.5, 0.6) is 17.2 Å². The molecule has 0 spiro atoms. The Bertz CT molecular complexity index is 1310. The molecule has 0 saturated carbocycles. The van der Waals surface area contributed by atoms with Gasteiger partial charge in [0.1, 0.15) is 5.75 Å². The van der Waals surface area contributed by atoms with E-state index in [0.29, 0.717) is 17.1 Å². The van der Waals surface area contributed by atoms with Gasteiger partial charge in [0.25, 0.3) is 11.8 Å². The number of rotatable bonds is 10. The number of carbonyl (C=O) groups excluding carboxylic acids is 3. The topological polar surface area (TPSA) is 112 Å². The Morgan fingerprint density at radius 2 is 1.51 bits per heavy atom. The summed E-state index contributed by atoms with van der Waals surface area (Å²) in [5.41, 5.74) is 3.92. The second kappa shape index (κ2) is 11.9. The van der Waals surface area contributed by atoms with Gasteiger partial charge in [-0.1, -0.05) is 18.2 Å². The number of anilines is 2. The summed E-state index contributed by atoms with van der Waals surface area (Å²) in [6, 6.07) is 17.2. The van der Waals surface area contributed by atoms with Crippen LogP contribution in [0.3, 0.4) is 0 Å². The van der Waals surface area contributed by atoms with Crippen molar-refractivity contribution in [2.75, 3.05) is 38.1 Å². The fourth-order valence-corrected chi connectivity index (χ4v) is 4.05. The zero-order valence-electron chi connectivity index (χ0n) is 20.7. The highest BCUT2D eigenvalue weighted by molar-refractivity contribution is 5.96. The number of hydrogen-bond donors (Lipinski definition) is 2. The normalized spacial score (nSPS) is 11.7. The Labute approximate surface area is 214 Å². The first kappa shape index (κ1) is 25.6. The van der Waals surface area contributed by atoms with Crippen LogP contribution in [0.4, 0.5) is 11.4 Å². The fourth-order valence-electron chi connectivity index (χ4n) is 4.05. The highest BCUT2D eigenvalue weighted by atomic mass is 16.5. The first-order valence-electron chi connectivity index (χ1n) is 11.8. The number of hydrogen-bond acceptors (Lipinski definition) is 7. The van der Waals surface area contributed by atoms with E-state index < -0.39 is 24.4 Å². The standard InChI is InChI=1S/C28H28N2O7/c1-34-23-9-4-3-8-22(23)30-27(32)16-36-24-13-11-20(15-25(24)35-2)28(33)37-17-26(31)29-21-12-10-18-6-5-7-19(18)14-21/h3-4,8-15H,5-7,16-17H2,1-2H3,(H,29,31)(H,30,32). The predicted molar refractivity (Wildman–Crippen MR) is 137 cm³/mol. The van der Waals surface area contributed by atoms with E-state index in [-0.39, 0.29) is 23.7 Å². The van der Waals surface area contributed by atoms with Gasteiger partial charge in [0, 0.05) is 5.69 Å². The van der Waals surface area contributed by atoms with Crippen LogP contribution < -0.4 is 24.8 Å². The molecular weight excluding hydrogens is 476 g/mol. The lowest BCUT2D eigenvalue weighted by Crippen LogP contribution is -2.21. The van der Waals surface area contributed by atoms with Crippen LogP contribution in [-0.4, -0.2) is 45.2 Å².